The van der Waals surface area contributed by atoms with Crippen molar-refractivity contribution in [3.8, 4) is 0 Å². The van der Waals surface area contributed by atoms with Crippen LogP contribution in [0.25, 0.3) is 0 Å². The van der Waals surface area contributed by atoms with Crippen molar-refractivity contribution in [3.63, 3.8) is 0 Å². The molecule has 0 saturated carbocycles. The Bertz CT molecular complexity index is 1230. The first-order chi connectivity index (χ1) is 15.7. The number of benzene rings is 2. The quantitative estimate of drug-likeness (QED) is 0.230. The number of hydrogen-bond donors (Lipinski definition) is 3. The highest BCUT2D eigenvalue weighted by atomic mass is 35.5. The smallest absolute Gasteiger partial charge is 0.272 e. The molecule has 0 radical (unpaired) electrons. The van der Waals surface area contributed by atoms with E-state index in [1.807, 2.05) is 50.2 Å². The topological polar surface area (TPSA) is 102 Å². The molecule has 3 rings (SSSR count). The molecule has 35 heavy (non-hydrogen) atoms. The lowest BCUT2D eigenvalue weighted by molar-refractivity contribution is 0.0945. The monoisotopic (exact) mass is 546 g/mol. The summed E-state index contributed by atoms with van der Waals surface area (Å²) in [4.78, 5) is 31.2. The summed E-state index contributed by atoms with van der Waals surface area (Å²) in [6.07, 6.45) is 0. The molecular formula is C22H23Cl3F2N6O2. The average molecular weight is 548 g/mol. The second-order valence-corrected chi connectivity index (χ2v) is 7.64. The molecule has 0 atom stereocenters. The summed E-state index contributed by atoms with van der Waals surface area (Å²) in [6, 6.07) is 10.1. The van der Waals surface area contributed by atoms with Gasteiger partial charge in [-0.3, -0.25) is 14.7 Å². The number of anilines is 1. The van der Waals surface area contributed by atoms with E-state index in [0.717, 1.165) is 17.1 Å². The predicted octanol–water partition coefficient (Wildman–Crippen LogP) is 4.98. The number of H-pyrrole nitrogens is 1. The van der Waals surface area contributed by atoms with Gasteiger partial charge in [0.1, 0.15) is 11.7 Å². The predicted molar refractivity (Wildman–Crippen MR) is 136 cm³/mol. The minimum Gasteiger partial charge on any atom is -0.366 e. The van der Waals surface area contributed by atoms with E-state index in [4.69, 9.17) is 11.6 Å². The third kappa shape index (κ3) is 7.64. The molecule has 0 aliphatic rings. The molecule has 3 aromatic rings. The van der Waals surface area contributed by atoms with Gasteiger partial charge in [0.2, 0.25) is 0 Å². The number of rotatable bonds is 6. The summed E-state index contributed by atoms with van der Waals surface area (Å²) < 4.78 is 26.6. The molecule has 2 aromatic carbocycles. The zero-order chi connectivity index (χ0) is 24.1. The van der Waals surface area contributed by atoms with Crippen molar-refractivity contribution in [3.05, 3.63) is 75.9 Å². The molecule has 0 fully saturated rings. The fourth-order valence-corrected chi connectivity index (χ4v) is 2.93. The zero-order valence-corrected chi connectivity index (χ0v) is 21.2. The van der Waals surface area contributed by atoms with E-state index in [1.54, 1.807) is 0 Å². The van der Waals surface area contributed by atoms with Crippen molar-refractivity contribution in [2.24, 2.45) is 4.99 Å². The van der Waals surface area contributed by atoms with Crippen LogP contribution in [-0.4, -0.2) is 46.8 Å². The number of nitrogens with zero attached hydrogens (tertiary/aromatic N) is 3. The first-order valence-corrected chi connectivity index (χ1v) is 10.1. The number of carbonyl (C=O) groups is 2. The molecule has 0 aliphatic carbocycles. The van der Waals surface area contributed by atoms with Crippen LogP contribution < -0.4 is 10.6 Å². The van der Waals surface area contributed by atoms with Crippen LogP contribution in [0, 0.1) is 11.6 Å². The third-order valence-corrected chi connectivity index (χ3v) is 4.99. The van der Waals surface area contributed by atoms with Crippen LogP contribution in [0.2, 0.25) is 5.02 Å². The van der Waals surface area contributed by atoms with E-state index < -0.39 is 23.4 Å². The number of aromatic amines is 1. The van der Waals surface area contributed by atoms with Gasteiger partial charge >= 0.3 is 0 Å². The second-order valence-electron chi connectivity index (χ2n) is 7.23. The first-order valence-electron chi connectivity index (χ1n) is 9.75. The number of halogens is 5. The fraction of sp³-hybridized carbons (Fsp3) is 0.182. The molecule has 0 aliphatic heterocycles. The molecule has 188 valence electrons. The Morgan fingerprint density at radius 3 is 2.43 bits per heavy atom. The second kappa shape index (κ2) is 13.0. The Morgan fingerprint density at radius 1 is 1.09 bits per heavy atom. The number of aromatic nitrogens is 2. The Labute approximate surface area is 218 Å². The molecular weight excluding hydrogens is 525 g/mol. The molecule has 1 aromatic heterocycles. The van der Waals surface area contributed by atoms with Crippen LogP contribution in [0.5, 0.6) is 0 Å². The van der Waals surface area contributed by atoms with Gasteiger partial charge in [0, 0.05) is 26.7 Å². The Morgan fingerprint density at radius 2 is 1.74 bits per heavy atom. The van der Waals surface area contributed by atoms with Gasteiger partial charge < -0.3 is 15.5 Å². The number of carbonyl (C=O) groups excluding carboxylic acids is 2. The van der Waals surface area contributed by atoms with Crippen molar-refractivity contribution in [1.29, 1.82) is 0 Å². The molecule has 0 bridgehead atoms. The number of hydrogen-bond acceptors (Lipinski definition) is 4. The summed E-state index contributed by atoms with van der Waals surface area (Å²) in [5, 5.41) is 11.3. The van der Waals surface area contributed by atoms with Gasteiger partial charge in [0.05, 0.1) is 16.3 Å². The molecule has 0 unspecified atom stereocenters. The highest BCUT2D eigenvalue weighted by Gasteiger charge is 2.17. The maximum Gasteiger partial charge on any atom is 0.272 e. The van der Waals surface area contributed by atoms with E-state index in [-0.39, 0.29) is 53.5 Å². The van der Waals surface area contributed by atoms with Crippen molar-refractivity contribution >= 4 is 65.6 Å². The van der Waals surface area contributed by atoms with E-state index in [1.165, 1.54) is 6.07 Å². The molecule has 13 heteroatoms. The maximum absolute atomic E-state index is 13.4. The number of amidine groups is 1. The molecule has 0 saturated heterocycles. The Kier molecular flexibility index (Phi) is 11.1. The van der Waals surface area contributed by atoms with Gasteiger partial charge in [0.15, 0.2) is 17.3 Å². The van der Waals surface area contributed by atoms with Crippen LogP contribution in [0.1, 0.15) is 33.3 Å². The van der Waals surface area contributed by atoms with Crippen LogP contribution in [0.15, 0.2) is 47.5 Å². The molecule has 3 N–H and O–H groups in total. The van der Waals surface area contributed by atoms with Gasteiger partial charge in [-0.15, -0.1) is 24.8 Å². The van der Waals surface area contributed by atoms with Crippen LogP contribution in [-0.2, 0) is 6.54 Å². The van der Waals surface area contributed by atoms with Crippen LogP contribution in [0.3, 0.4) is 0 Å². The highest BCUT2D eigenvalue weighted by molar-refractivity contribution is 6.34. The van der Waals surface area contributed by atoms with E-state index in [0.29, 0.717) is 12.1 Å². The lowest BCUT2D eigenvalue weighted by Crippen LogP contribution is -2.23. The molecule has 2 amide bonds. The van der Waals surface area contributed by atoms with Crippen molar-refractivity contribution < 1.29 is 18.4 Å². The van der Waals surface area contributed by atoms with Gasteiger partial charge in [-0.05, 0) is 30.7 Å². The number of amides is 2. The minimum absolute atomic E-state index is 0. The highest BCUT2D eigenvalue weighted by Crippen LogP contribution is 2.22. The summed E-state index contributed by atoms with van der Waals surface area (Å²) in [5.41, 5.74) is 1.29. The van der Waals surface area contributed by atoms with Crippen molar-refractivity contribution in [1.82, 2.24) is 20.4 Å². The van der Waals surface area contributed by atoms with Gasteiger partial charge in [-0.25, -0.2) is 13.8 Å². The van der Waals surface area contributed by atoms with E-state index in [9.17, 15) is 18.4 Å². The van der Waals surface area contributed by atoms with Gasteiger partial charge in [0.25, 0.3) is 11.8 Å². The molecule has 1 heterocycles. The minimum atomic E-state index is -1.21. The Balaban J connectivity index is 0.00000306. The summed E-state index contributed by atoms with van der Waals surface area (Å²) >= 11 is 5.81. The van der Waals surface area contributed by atoms with Crippen LogP contribution >= 0.6 is 36.4 Å². The molecule has 8 nitrogen and oxygen atoms in total. The standard InChI is InChI=1S/C22H21ClF2N6O2.2ClH/c1-12(31(2)3)27-18-7-5-4-6-13(18)11-26-22(33)19-10-20(30-29-19)28-21(32)14-8-16(24)17(25)9-15(14)23;;/h4-10H,11H2,1-3H3,(H,26,33)(H2,28,29,30,32);2*1H/b27-12+;;. The van der Waals surface area contributed by atoms with Gasteiger partial charge in [-0.2, -0.15) is 5.10 Å². The largest absolute Gasteiger partial charge is 0.366 e. The lowest BCUT2D eigenvalue weighted by Gasteiger charge is -2.13. The van der Waals surface area contributed by atoms with E-state index >= 15 is 0 Å². The fourth-order valence-electron chi connectivity index (χ4n) is 2.70. The first kappa shape index (κ1) is 29.8. The summed E-state index contributed by atoms with van der Waals surface area (Å²) in [6.45, 7) is 2.08. The summed E-state index contributed by atoms with van der Waals surface area (Å²) in [5.74, 6) is -2.76. The maximum atomic E-state index is 13.4. The van der Waals surface area contributed by atoms with Crippen molar-refractivity contribution in [2.45, 2.75) is 13.5 Å². The number of aliphatic imine (C=N–C) groups is 1. The zero-order valence-electron chi connectivity index (χ0n) is 18.9. The number of para-hydroxylation sites is 1. The normalized spacial score (nSPS) is 10.6. The van der Waals surface area contributed by atoms with Crippen molar-refractivity contribution in [2.75, 3.05) is 19.4 Å². The SMILES string of the molecule is C/C(=N\c1ccccc1CNC(=O)c1cc(NC(=O)c2cc(F)c(F)cc2Cl)[nH]n1)N(C)C.Cl.Cl. The Hall–Kier alpha value is -3.21. The third-order valence-electron chi connectivity index (χ3n) is 4.67. The van der Waals surface area contributed by atoms with Gasteiger partial charge in [-0.1, -0.05) is 29.8 Å². The van der Waals surface area contributed by atoms with E-state index in [2.05, 4.69) is 25.8 Å². The molecule has 0 spiro atoms. The summed E-state index contributed by atoms with van der Waals surface area (Å²) in [7, 11) is 3.77. The van der Waals surface area contributed by atoms with Crippen LogP contribution in [0.4, 0.5) is 20.3 Å². The number of nitrogens with one attached hydrogen (secondary N) is 3. The average Bonchev–Trinajstić information content (AvgIpc) is 3.23. The lowest BCUT2D eigenvalue weighted by atomic mass is 10.2.